The molecule has 0 aromatic carbocycles. The first-order valence-electron chi connectivity index (χ1n) is 5.96. The quantitative estimate of drug-likeness (QED) is 0.308. The van der Waals surface area contributed by atoms with Gasteiger partial charge in [-0.2, -0.15) is 0 Å². The molecule has 0 heterocycles. The van der Waals surface area contributed by atoms with Crippen LogP contribution >= 0.6 is 0 Å². The maximum atomic E-state index is 8.57. The van der Waals surface area contributed by atoms with Gasteiger partial charge in [0.1, 0.15) is 0 Å². The molecule has 0 rings (SSSR count). The van der Waals surface area contributed by atoms with Crippen molar-refractivity contribution in [1.82, 2.24) is 5.32 Å². The van der Waals surface area contributed by atoms with E-state index in [1.807, 2.05) is 0 Å². The lowest BCUT2D eigenvalue weighted by Gasteiger charge is -2.04. The number of nitrogens with zero attached hydrogens (tertiary/aromatic N) is 1. The summed E-state index contributed by atoms with van der Waals surface area (Å²) in [6.07, 6.45) is 6.44. The van der Waals surface area contributed by atoms with E-state index in [-0.39, 0.29) is 0 Å². The highest BCUT2D eigenvalue weighted by atomic mass is 16.2. The molecule has 4 nitrogen and oxygen atoms in total. The number of hydrogen-bond donors (Lipinski definition) is 3. The number of guanidine groups is 1. The summed E-state index contributed by atoms with van der Waals surface area (Å²) < 4.78 is 0. The van der Waals surface area contributed by atoms with Crippen LogP contribution < -0.4 is 11.1 Å². The fraction of sp³-hybridized carbons (Fsp3) is 0.909. The van der Waals surface area contributed by atoms with Gasteiger partial charge in [0.05, 0.1) is 0 Å². The second-order valence-corrected chi connectivity index (χ2v) is 3.69. The zero-order valence-electron chi connectivity index (χ0n) is 9.84. The molecular formula is C11H25N3O. The summed E-state index contributed by atoms with van der Waals surface area (Å²) in [6, 6.07) is 0. The number of rotatable bonds is 9. The Morgan fingerprint density at radius 3 is 2.60 bits per heavy atom. The van der Waals surface area contributed by atoms with Crippen molar-refractivity contribution < 1.29 is 5.11 Å². The van der Waals surface area contributed by atoms with E-state index in [0.717, 1.165) is 45.2 Å². The maximum absolute atomic E-state index is 8.57. The Kier molecular flexibility index (Phi) is 10.7. The van der Waals surface area contributed by atoms with Gasteiger partial charge in [-0.3, -0.25) is 4.99 Å². The van der Waals surface area contributed by atoms with Gasteiger partial charge in [-0.25, -0.2) is 0 Å². The third-order valence-electron chi connectivity index (χ3n) is 2.18. The summed E-state index contributed by atoms with van der Waals surface area (Å²) in [5, 5.41) is 11.6. The molecule has 0 atom stereocenters. The van der Waals surface area contributed by atoms with Gasteiger partial charge < -0.3 is 16.2 Å². The van der Waals surface area contributed by atoms with E-state index in [2.05, 4.69) is 17.2 Å². The number of unbranched alkanes of at least 4 members (excludes halogenated alkanes) is 4. The van der Waals surface area contributed by atoms with Crippen LogP contribution in [0.25, 0.3) is 0 Å². The largest absolute Gasteiger partial charge is 0.396 e. The Morgan fingerprint density at radius 2 is 1.93 bits per heavy atom. The number of nitrogens with one attached hydrogen (secondary N) is 1. The molecule has 0 radical (unpaired) electrons. The van der Waals surface area contributed by atoms with Crippen molar-refractivity contribution in [3.63, 3.8) is 0 Å². The van der Waals surface area contributed by atoms with Crippen LogP contribution in [0, 0.1) is 0 Å². The fourth-order valence-corrected chi connectivity index (χ4v) is 1.23. The molecule has 0 amide bonds. The smallest absolute Gasteiger partial charge is 0.188 e. The summed E-state index contributed by atoms with van der Waals surface area (Å²) in [5.74, 6) is 0.561. The van der Waals surface area contributed by atoms with E-state index in [4.69, 9.17) is 10.8 Å². The Hall–Kier alpha value is -0.770. The molecule has 0 unspecified atom stereocenters. The number of nitrogens with two attached hydrogens (primary N) is 1. The van der Waals surface area contributed by atoms with Crippen LogP contribution in [0.1, 0.15) is 45.4 Å². The zero-order valence-corrected chi connectivity index (χ0v) is 9.84. The fourth-order valence-electron chi connectivity index (χ4n) is 1.23. The number of aliphatic hydroxyl groups is 1. The molecule has 0 saturated heterocycles. The molecular weight excluding hydrogens is 190 g/mol. The van der Waals surface area contributed by atoms with Crippen molar-refractivity contribution in [2.75, 3.05) is 19.7 Å². The SMILES string of the molecule is CCCCNC(N)=NCCCCCCO. The highest BCUT2D eigenvalue weighted by molar-refractivity contribution is 5.77. The number of aliphatic imine (C=N–C) groups is 1. The zero-order chi connectivity index (χ0) is 11.4. The lowest BCUT2D eigenvalue weighted by Crippen LogP contribution is -2.32. The van der Waals surface area contributed by atoms with Gasteiger partial charge >= 0.3 is 0 Å². The van der Waals surface area contributed by atoms with E-state index in [1.165, 1.54) is 6.42 Å². The van der Waals surface area contributed by atoms with Gasteiger partial charge in [-0.15, -0.1) is 0 Å². The van der Waals surface area contributed by atoms with E-state index in [0.29, 0.717) is 12.6 Å². The average molecular weight is 215 g/mol. The van der Waals surface area contributed by atoms with Crippen molar-refractivity contribution in [2.24, 2.45) is 10.7 Å². The number of aliphatic hydroxyl groups excluding tert-OH is 1. The second kappa shape index (κ2) is 11.3. The minimum Gasteiger partial charge on any atom is -0.396 e. The first kappa shape index (κ1) is 14.2. The third kappa shape index (κ3) is 11.2. The van der Waals surface area contributed by atoms with Crippen LogP contribution in [-0.2, 0) is 0 Å². The Morgan fingerprint density at radius 1 is 1.20 bits per heavy atom. The van der Waals surface area contributed by atoms with E-state index < -0.39 is 0 Å². The molecule has 0 aromatic heterocycles. The molecule has 4 heteroatoms. The van der Waals surface area contributed by atoms with Crippen molar-refractivity contribution in [3.8, 4) is 0 Å². The Balaban J connectivity index is 3.25. The van der Waals surface area contributed by atoms with Gasteiger partial charge in [-0.1, -0.05) is 26.2 Å². The molecule has 0 aliphatic rings. The summed E-state index contributed by atoms with van der Waals surface area (Å²) >= 11 is 0. The van der Waals surface area contributed by atoms with Gasteiger partial charge in [0.2, 0.25) is 0 Å². The lowest BCUT2D eigenvalue weighted by atomic mass is 10.2. The molecule has 0 aromatic rings. The van der Waals surface area contributed by atoms with Crippen LogP contribution in [-0.4, -0.2) is 30.8 Å². The first-order chi connectivity index (χ1) is 7.31. The van der Waals surface area contributed by atoms with Crippen molar-refractivity contribution >= 4 is 5.96 Å². The summed E-state index contributed by atoms with van der Waals surface area (Å²) in [5.41, 5.74) is 5.65. The Labute approximate surface area is 93.0 Å². The highest BCUT2D eigenvalue weighted by Crippen LogP contribution is 1.98. The topological polar surface area (TPSA) is 70.6 Å². The molecule has 0 saturated carbocycles. The predicted molar refractivity (Wildman–Crippen MR) is 65.0 cm³/mol. The predicted octanol–water partition coefficient (Wildman–Crippen LogP) is 1.24. The van der Waals surface area contributed by atoms with Crippen molar-refractivity contribution in [2.45, 2.75) is 45.4 Å². The van der Waals surface area contributed by atoms with Gasteiger partial charge in [-0.05, 0) is 19.3 Å². The molecule has 4 N–H and O–H groups in total. The monoisotopic (exact) mass is 215 g/mol. The molecule has 0 bridgehead atoms. The number of hydrogen-bond acceptors (Lipinski definition) is 2. The summed E-state index contributed by atoms with van der Waals surface area (Å²) in [7, 11) is 0. The van der Waals surface area contributed by atoms with Gasteiger partial charge in [0.15, 0.2) is 5.96 Å². The highest BCUT2D eigenvalue weighted by Gasteiger charge is 1.91. The van der Waals surface area contributed by atoms with E-state index in [1.54, 1.807) is 0 Å². The summed E-state index contributed by atoms with van der Waals surface area (Å²) in [4.78, 5) is 4.21. The van der Waals surface area contributed by atoms with Crippen LogP contribution in [0.5, 0.6) is 0 Å². The molecule has 0 fully saturated rings. The minimum absolute atomic E-state index is 0.296. The van der Waals surface area contributed by atoms with Crippen LogP contribution in [0.4, 0.5) is 0 Å². The standard InChI is InChI=1S/C11H25N3O/c1-2-3-8-13-11(12)14-9-6-4-5-7-10-15/h15H,2-10H2,1H3,(H3,12,13,14). The molecule has 15 heavy (non-hydrogen) atoms. The van der Waals surface area contributed by atoms with Crippen LogP contribution in [0.3, 0.4) is 0 Å². The minimum atomic E-state index is 0.296. The second-order valence-electron chi connectivity index (χ2n) is 3.69. The average Bonchev–Trinajstić information content (AvgIpc) is 2.23. The van der Waals surface area contributed by atoms with Crippen molar-refractivity contribution in [1.29, 1.82) is 0 Å². The molecule has 0 spiro atoms. The third-order valence-corrected chi connectivity index (χ3v) is 2.18. The molecule has 0 aliphatic heterocycles. The van der Waals surface area contributed by atoms with Crippen LogP contribution in [0.15, 0.2) is 4.99 Å². The molecule has 0 aliphatic carbocycles. The Bertz CT molecular complexity index is 160. The van der Waals surface area contributed by atoms with E-state index >= 15 is 0 Å². The van der Waals surface area contributed by atoms with Gasteiger partial charge in [0, 0.05) is 19.7 Å². The van der Waals surface area contributed by atoms with Gasteiger partial charge in [0.25, 0.3) is 0 Å². The normalized spacial score (nSPS) is 11.7. The first-order valence-corrected chi connectivity index (χ1v) is 5.96. The van der Waals surface area contributed by atoms with Crippen molar-refractivity contribution in [3.05, 3.63) is 0 Å². The van der Waals surface area contributed by atoms with E-state index in [9.17, 15) is 0 Å². The maximum Gasteiger partial charge on any atom is 0.188 e. The molecule has 90 valence electrons. The summed E-state index contributed by atoms with van der Waals surface area (Å²) in [6.45, 7) is 4.15. The lowest BCUT2D eigenvalue weighted by molar-refractivity contribution is 0.282. The van der Waals surface area contributed by atoms with Crippen LogP contribution in [0.2, 0.25) is 0 Å².